The van der Waals surface area contributed by atoms with E-state index >= 15 is 0 Å². The SMILES string of the molecule is CCCCC(CCCC)(NC(=O)CC)c1cc(C)c(O)c(C(C)(C)C)c1. The van der Waals surface area contributed by atoms with Crippen molar-refractivity contribution < 1.29 is 9.90 Å². The molecule has 148 valence electrons. The van der Waals surface area contributed by atoms with Gasteiger partial charge >= 0.3 is 0 Å². The van der Waals surface area contributed by atoms with Gasteiger partial charge in [0.2, 0.25) is 5.91 Å². The number of aromatic hydroxyl groups is 1. The van der Waals surface area contributed by atoms with Crippen LogP contribution in [-0.4, -0.2) is 11.0 Å². The molecule has 1 aromatic rings. The number of phenolic OH excluding ortho intramolecular Hbond substituents is 1. The smallest absolute Gasteiger partial charge is 0.220 e. The maximum absolute atomic E-state index is 12.4. The van der Waals surface area contributed by atoms with Gasteiger partial charge in [0.15, 0.2) is 0 Å². The lowest BCUT2D eigenvalue weighted by Crippen LogP contribution is -2.46. The van der Waals surface area contributed by atoms with Gasteiger partial charge in [0, 0.05) is 6.42 Å². The third-order valence-electron chi connectivity index (χ3n) is 5.28. The van der Waals surface area contributed by atoms with E-state index in [0.717, 1.165) is 55.2 Å². The largest absolute Gasteiger partial charge is 0.507 e. The number of carbonyl (C=O) groups is 1. The summed E-state index contributed by atoms with van der Waals surface area (Å²) in [6.07, 6.45) is 6.68. The van der Waals surface area contributed by atoms with E-state index in [9.17, 15) is 9.90 Å². The Morgan fingerprint density at radius 1 is 1.04 bits per heavy atom. The molecule has 0 aromatic heterocycles. The minimum atomic E-state index is -0.350. The summed E-state index contributed by atoms with van der Waals surface area (Å²) in [6, 6.07) is 4.20. The van der Waals surface area contributed by atoms with Crippen molar-refractivity contribution in [1.82, 2.24) is 5.32 Å². The van der Waals surface area contributed by atoms with Crippen LogP contribution in [-0.2, 0) is 15.7 Å². The van der Waals surface area contributed by atoms with Crippen LogP contribution in [0.4, 0.5) is 0 Å². The van der Waals surface area contributed by atoms with E-state index in [1.807, 2.05) is 13.8 Å². The Hall–Kier alpha value is -1.51. The van der Waals surface area contributed by atoms with Crippen molar-refractivity contribution in [3.63, 3.8) is 0 Å². The molecule has 0 spiro atoms. The summed E-state index contributed by atoms with van der Waals surface area (Å²) in [5.74, 6) is 0.475. The molecule has 26 heavy (non-hydrogen) atoms. The number of aryl methyl sites for hydroxylation is 1. The number of rotatable bonds is 9. The van der Waals surface area contributed by atoms with Crippen LogP contribution >= 0.6 is 0 Å². The average molecular weight is 362 g/mol. The van der Waals surface area contributed by atoms with Crippen LogP contribution in [0.1, 0.15) is 103 Å². The minimum absolute atomic E-state index is 0.0974. The summed E-state index contributed by atoms with van der Waals surface area (Å²) in [5.41, 5.74) is 2.48. The highest BCUT2D eigenvalue weighted by molar-refractivity contribution is 5.76. The van der Waals surface area contributed by atoms with Gasteiger partial charge in [0.25, 0.3) is 0 Å². The number of unbranched alkanes of at least 4 members (excludes halogenated alkanes) is 2. The molecule has 3 nitrogen and oxygen atoms in total. The molecule has 0 aliphatic rings. The summed E-state index contributed by atoms with van der Waals surface area (Å²) < 4.78 is 0. The fraction of sp³-hybridized carbons (Fsp3) is 0.696. The van der Waals surface area contributed by atoms with Gasteiger partial charge in [-0.25, -0.2) is 0 Å². The van der Waals surface area contributed by atoms with Gasteiger partial charge in [-0.05, 0) is 47.9 Å². The summed E-state index contributed by atoms with van der Waals surface area (Å²) in [4.78, 5) is 12.4. The number of hydrogen-bond donors (Lipinski definition) is 2. The first kappa shape index (κ1) is 22.5. The maximum Gasteiger partial charge on any atom is 0.220 e. The first-order chi connectivity index (χ1) is 12.1. The molecule has 2 N–H and O–H groups in total. The summed E-state index contributed by atoms with van der Waals surface area (Å²) in [7, 11) is 0. The highest BCUT2D eigenvalue weighted by atomic mass is 16.3. The predicted octanol–water partition coefficient (Wildman–Crippen LogP) is 6.10. The molecule has 0 atom stereocenters. The van der Waals surface area contributed by atoms with Crippen LogP contribution < -0.4 is 5.32 Å². The Bertz CT molecular complexity index is 591. The Kier molecular flexibility index (Phi) is 8.17. The molecule has 0 aliphatic heterocycles. The molecule has 1 rings (SSSR count). The number of phenols is 1. The van der Waals surface area contributed by atoms with Crippen molar-refractivity contribution in [3.8, 4) is 5.75 Å². The van der Waals surface area contributed by atoms with E-state index in [-0.39, 0.29) is 16.9 Å². The highest BCUT2D eigenvalue weighted by Crippen LogP contribution is 2.40. The molecule has 3 heteroatoms. The zero-order valence-electron chi connectivity index (χ0n) is 18.0. The summed E-state index contributed by atoms with van der Waals surface area (Å²) in [5, 5.41) is 14.0. The maximum atomic E-state index is 12.4. The molecule has 0 bridgehead atoms. The molecule has 1 amide bonds. The molecular weight excluding hydrogens is 322 g/mol. The van der Waals surface area contributed by atoms with Gasteiger partial charge in [-0.3, -0.25) is 4.79 Å². The fourth-order valence-electron chi connectivity index (χ4n) is 3.55. The zero-order chi connectivity index (χ0) is 20.0. The average Bonchev–Trinajstić information content (AvgIpc) is 2.58. The van der Waals surface area contributed by atoms with Crippen LogP contribution in [0.25, 0.3) is 0 Å². The van der Waals surface area contributed by atoms with Gasteiger partial charge in [0.1, 0.15) is 5.75 Å². The lowest BCUT2D eigenvalue weighted by Gasteiger charge is -2.37. The molecule has 0 saturated heterocycles. The lowest BCUT2D eigenvalue weighted by atomic mass is 9.76. The van der Waals surface area contributed by atoms with Crippen LogP contribution in [0, 0.1) is 6.92 Å². The summed E-state index contributed by atoms with van der Waals surface area (Å²) in [6.45, 7) is 14.6. The van der Waals surface area contributed by atoms with E-state index in [0.29, 0.717) is 12.2 Å². The van der Waals surface area contributed by atoms with Crippen molar-refractivity contribution in [3.05, 3.63) is 28.8 Å². The molecule has 0 aliphatic carbocycles. The molecule has 0 fully saturated rings. The van der Waals surface area contributed by atoms with Crippen LogP contribution in [0.2, 0.25) is 0 Å². The van der Waals surface area contributed by atoms with E-state index in [4.69, 9.17) is 0 Å². The predicted molar refractivity (Wildman–Crippen MR) is 111 cm³/mol. The molecular formula is C23H39NO2. The Balaban J connectivity index is 3.57. The molecule has 0 radical (unpaired) electrons. The third-order valence-corrected chi connectivity index (χ3v) is 5.28. The molecule has 0 saturated carbocycles. The first-order valence-electron chi connectivity index (χ1n) is 10.3. The fourth-order valence-corrected chi connectivity index (χ4v) is 3.55. The van der Waals surface area contributed by atoms with E-state index in [1.165, 1.54) is 0 Å². The molecule has 0 unspecified atom stereocenters. The van der Waals surface area contributed by atoms with E-state index in [1.54, 1.807) is 0 Å². The van der Waals surface area contributed by atoms with Crippen LogP contribution in [0.3, 0.4) is 0 Å². The monoisotopic (exact) mass is 361 g/mol. The van der Waals surface area contributed by atoms with Crippen molar-refractivity contribution >= 4 is 5.91 Å². The number of nitrogens with one attached hydrogen (secondary N) is 1. The normalized spacial score (nSPS) is 12.3. The van der Waals surface area contributed by atoms with Crippen molar-refractivity contribution in [2.24, 2.45) is 0 Å². The lowest BCUT2D eigenvalue weighted by molar-refractivity contribution is -0.123. The number of benzene rings is 1. The minimum Gasteiger partial charge on any atom is -0.507 e. The topological polar surface area (TPSA) is 49.3 Å². The van der Waals surface area contributed by atoms with Gasteiger partial charge in [-0.15, -0.1) is 0 Å². The van der Waals surface area contributed by atoms with Crippen molar-refractivity contribution in [1.29, 1.82) is 0 Å². The van der Waals surface area contributed by atoms with Gasteiger partial charge in [-0.2, -0.15) is 0 Å². The zero-order valence-corrected chi connectivity index (χ0v) is 18.0. The second kappa shape index (κ2) is 9.43. The molecule has 1 aromatic carbocycles. The quantitative estimate of drug-likeness (QED) is 0.558. The Morgan fingerprint density at radius 3 is 2.00 bits per heavy atom. The summed E-state index contributed by atoms with van der Waals surface area (Å²) >= 11 is 0. The second-order valence-electron chi connectivity index (χ2n) is 8.63. The van der Waals surface area contributed by atoms with Gasteiger partial charge in [-0.1, -0.05) is 73.3 Å². The van der Waals surface area contributed by atoms with Crippen LogP contribution in [0.15, 0.2) is 12.1 Å². The van der Waals surface area contributed by atoms with Crippen molar-refractivity contribution in [2.45, 2.75) is 104 Å². The van der Waals surface area contributed by atoms with E-state index < -0.39 is 0 Å². The third kappa shape index (κ3) is 5.49. The van der Waals surface area contributed by atoms with Gasteiger partial charge < -0.3 is 10.4 Å². The number of hydrogen-bond acceptors (Lipinski definition) is 2. The highest BCUT2D eigenvalue weighted by Gasteiger charge is 2.34. The standard InChI is InChI=1S/C23H39NO2/c1-8-11-13-23(14-12-9-2,24-20(25)10-3)18-15-17(4)21(26)19(16-18)22(5,6)7/h15-16,26H,8-14H2,1-7H3,(H,24,25). The number of carbonyl (C=O) groups excluding carboxylic acids is 1. The Labute approximate surface area is 160 Å². The number of amides is 1. The second-order valence-corrected chi connectivity index (χ2v) is 8.63. The van der Waals surface area contributed by atoms with Crippen molar-refractivity contribution in [2.75, 3.05) is 0 Å². The Morgan fingerprint density at radius 2 is 1.58 bits per heavy atom. The first-order valence-corrected chi connectivity index (χ1v) is 10.3. The van der Waals surface area contributed by atoms with Crippen LogP contribution in [0.5, 0.6) is 5.75 Å². The molecule has 0 heterocycles. The van der Waals surface area contributed by atoms with E-state index in [2.05, 4.69) is 52.1 Å². The van der Waals surface area contributed by atoms with Gasteiger partial charge in [0.05, 0.1) is 5.54 Å².